The molecular formula is C19H15ClN2O3. The Bertz CT molecular complexity index is 890. The summed E-state index contributed by atoms with van der Waals surface area (Å²) in [6, 6.07) is 19.4. The number of nitrogens with zero attached hydrogens (tertiary/aromatic N) is 1. The van der Waals surface area contributed by atoms with Crippen molar-refractivity contribution in [2.24, 2.45) is 5.10 Å². The van der Waals surface area contributed by atoms with Gasteiger partial charge in [0.2, 0.25) is 0 Å². The first kappa shape index (κ1) is 17.0. The average Bonchev–Trinajstić information content (AvgIpc) is 3.10. The molecule has 0 unspecified atom stereocenters. The quantitative estimate of drug-likeness (QED) is 0.540. The minimum Gasteiger partial charge on any atom is -0.455 e. The number of rotatable bonds is 5. The number of aliphatic hydroxyl groups excluding tert-OH is 1. The summed E-state index contributed by atoms with van der Waals surface area (Å²) in [7, 11) is 0. The van der Waals surface area contributed by atoms with Crippen LogP contribution in [0.4, 0.5) is 0 Å². The zero-order valence-corrected chi connectivity index (χ0v) is 13.9. The lowest BCUT2D eigenvalue weighted by Crippen LogP contribution is -2.25. The molecule has 0 aliphatic heterocycles. The van der Waals surface area contributed by atoms with Gasteiger partial charge in [-0.15, -0.1) is 0 Å². The Morgan fingerprint density at radius 1 is 1.08 bits per heavy atom. The predicted octanol–water partition coefficient (Wildman–Crippen LogP) is 3.78. The van der Waals surface area contributed by atoms with Crippen molar-refractivity contribution in [1.29, 1.82) is 0 Å². The number of hydrazone groups is 1. The van der Waals surface area contributed by atoms with Crippen LogP contribution in [-0.4, -0.2) is 17.2 Å². The van der Waals surface area contributed by atoms with E-state index < -0.39 is 12.0 Å². The number of nitrogens with one attached hydrogen (secondary N) is 1. The summed E-state index contributed by atoms with van der Waals surface area (Å²) in [5.74, 6) is 0.424. The molecule has 0 aliphatic rings. The summed E-state index contributed by atoms with van der Waals surface area (Å²) < 4.78 is 5.63. The highest BCUT2D eigenvalue weighted by molar-refractivity contribution is 6.33. The molecule has 1 heterocycles. The number of hydrogen-bond acceptors (Lipinski definition) is 4. The summed E-state index contributed by atoms with van der Waals surface area (Å²) in [6.45, 7) is 0. The highest BCUT2D eigenvalue weighted by atomic mass is 35.5. The van der Waals surface area contributed by atoms with E-state index in [0.29, 0.717) is 22.1 Å². The fourth-order valence-corrected chi connectivity index (χ4v) is 2.46. The number of benzene rings is 2. The minimum absolute atomic E-state index is 0.449. The Kier molecular flexibility index (Phi) is 5.28. The first-order valence-corrected chi connectivity index (χ1v) is 7.93. The highest BCUT2D eigenvalue weighted by Gasteiger charge is 2.16. The summed E-state index contributed by atoms with van der Waals surface area (Å²) in [4.78, 5) is 11.9. The van der Waals surface area contributed by atoms with Crippen LogP contribution >= 0.6 is 11.6 Å². The smallest absolute Gasteiger partial charge is 0.273 e. The van der Waals surface area contributed by atoms with Crippen LogP contribution in [-0.2, 0) is 4.79 Å². The van der Waals surface area contributed by atoms with Crippen LogP contribution in [0.15, 0.2) is 76.2 Å². The first-order chi connectivity index (χ1) is 12.1. The minimum atomic E-state index is -1.28. The van der Waals surface area contributed by atoms with Crippen LogP contribution < -0.4 is 5.43 Å². The third-order valence-electron chi connectivity index (χ3n) is 3.50. The van der Waals surface area contributed by atoms with Crippen molar-refractivity contribution in [3.8, 4) is 11.3 Å². The molecule has 1 amide bonds. The van der Waals surface area contributed by atoms with Crippen LogP contribution in [0.25, 0.3) is 11.3 Å². The number of halogens is 1. The summed E-state index contributed by atoms with van der Waals surface area (Å²) >= 11 is 6.13. The molecule has 3 rings (SSSR count). The highest BCUT2D eigenvalue weighted by Crippen LogP contribution is 2.28. The maximum atomic E-state index is 11.9. The van der Waals surface area contributed by atoms with Gasteiger partial charge in [-0.05, 0) is 29.8 Å². The Balaban J connectivity index is 1.63. The average molecular weight is 355 g/mol. The molecule has 126 valence electrons. The van der Waals surface area contributed by atoms with Crippen molar-refractivity contribution in [1.82, 2.24) is 5.43 Å². The molecule has 0 fully saturated rings. The van der Waals surface area contributed by atoms with E-state index in [-0.39, 0.29) is 0 Å². The molecule has 0 spiro atoms. The monoisotopic (exact) mass is 354 g/mol. The molecule has 0 aliphatic carbocycles. The molecule has 0 saturated heterocycles. The van der Waals surface area contributed by atoms with E-state index in [2.05, 4.69) is 10.5 Å². The van der Waals surface area contributed by atoms with Gasteiger partial charge in [0.15, 0.2) is 6.10 Å². The van der Waals surface area contributed by atoms with Gasteiger partial charge >= 0.3 is 0 Å². The van der Waals surface area contributed by atoms with Crippen molar-refractivity contribution in [2.75, 3.05) is 0 Å². The molecule has 1 atom stereocenters. The van der Waals surface area contributed by atoms with E-state index in [1.165, 1.54) is 6.21 Å². The fourth-order valence-electron chi connectivity index (χ4n) is 2.24. The molecule has 5 nitrogen and oxygen atoms in total. The fraction of sp³-hybridized carbons (Fsp3) is 0.0526. The van der Waals surface area contributed by atoms with Gasteiger partial charge in [0.25, 0.3) is 5.91 Å². The summed E-state index contributed by atoms with van der Waals surface area (Å²) in [5, 5.41) is 14.3. The molecule has 0 bridgehead atoms. The number of amides is 1. The molecule has 2 N–H and O–H groups in total. The van der Waals surface area contributed by atoms with E-state index in [4.69, 9.17) is 16.0 Å². The lowest BCUT2D eigenvalue weighted by Gasteiger charge is -2.08. The van der Waals surface area contributed by atoms with Crippen LogP contribution in [0.5, 0.6) is 0 Å². The van der Waals surface area contributed by atoms with Crippen molar-refractivity contribution in [2.45, 2.75) is 6.10 Å². The first-order valence-electron chi connectivity index (χ1n) is 7.56. The zero-order chi connectivity index (χ0) is 17.6. The second-order valence-corrected chi connectivity index (χ2v) is 5.64. The lowest BCUT2D eigenvalue weighted by atomic mass is 10.1. The van der Waals surface area contributed by atoms with Crippen LogP contribution in [0.3, 0.4) is 0 Å². The Morgan fingerprint density at radius 2 is 1.80 bits per heavy atom. The number of carbonyl (C=O) groups is 1. The standard InChI is InChI=1S/C19H15ClN2O3/c20-16-9-5-4-8-15(16)17-11-10-14(25-17)12-21-22-19(24)18(23)13-6-2-1-3-7-13/h1-12,18,23H,(H,22,24)/t18-/m0/s1. The summed E-state index contributed by atoms with van der Waals surface area (Å²) in [6.07, 6.45) is 0.0734. The molecule has 25 heavy (non-hydrogen) atoms. The maximum absolute atomic E-state index is 11.9. The third-order valence-corrected chi connectivity index (χ3v) is 3.83. The van der Waals surface area contributed by atoms with Gasteiger partial charge in [-0.3, -0.25) is 4.79 Å². The predicted molar refractivity (Wildman–Crippen MR) is 96.3 cm³/mol. The number of furan rings is 1. The molecule has 0 saturated carbocycles. The zero-order valence-electron chi connectivity index (χ0n) is 13.1. The number of carbonyl (C=O) groups excluding carboxylic acids is 1. The summed E-state index contributed by atoms with van der Waals surface area (Å²) in [5.41, 5.74) is 3.55. The van der Waals surface area contributed by atoms with Crippen LogP contribution in [0.1, 0.15) is 17.4 Å². The van der Waals surface area contributed by atoms with Crippen molar-refractivity contribution < 1.29 is 14.3 Å². The molecule has 6 heteroatoms. The van der Waals surface area contributed by atoms with E-state index in [1.54, 1.807) is 48.5 Å². The van der Waals surface area contributed by atoms with Gasteiger partial charge in [0, 0.05) is 5.56 Å². The SMILES string of the molecule is O=C(NN=Cc1ccc(-c2ccccc2Cl)o1)[C@@H](O)c1ccccc1. The Labute approximate surface area is 149 Å². The van der Waals surface area contributed by atoms with E-state index in [0.717, 1.165) is 5.56 Å². The lowest BCUT2D eigenvalue weighted by molar-refractivity contribution is -0.129. The van der Waals surface area contributed by atoms with Gasteiger partial charge in [-0.1, -0.05) is 54.1 Å². The van der Waals surface area contributed by atoms with Gasteiger partial charge in [-0.25, -0.2) is 5.43 Å². The van der Waals surface area contributed by atoms with E-state index >= 15 is 0 Å². The van der Waals surface area contributed by atoms with Gasteiger partial charge in [0.1, 0.15) is 11.5 Å². The second-order valence-electron chi connectivity index (χ2n) is 5.23. The largest absolute Gasteiger partial charge is 0.455 e. The molecule has 3 aromatic rings. The van der Waals surface area contributed by atoms with E-state index in [9.17, 15) is 9.90 Å². The second kappa shape index (κ2) is 7.79. The van der Waals surface area contributed by atoms with Crippen molar-refractivity contribution >= 4 is 23.7 Å². The van der Waals surface area contributed by atoms with Gasteiger partial charge < -0.3 is 9.52 Å². The molecule has 2 aromatic carbocycles. The molecule has 0 radical (unpaired) electrons. The van der Waals surface area contributed by atoms with Crippen LogP contribution in [0.2, 0.25) is 5.02 Å². The number of hydrogen-bond donors (Lipinski definition) is 2. The molecule has 1 aromatic heterocycles. The topological polar surface area (TPSA) is 74.8 Å². The normalized spacial score (nSPS) is 12.2. The van der Waals surface area contributed by atoms with Gasteiger partial charge in [-0.2, -0.15) is 5.10 Å². The Morgan fingerprint density at radius 3 is 2.56 bits per heavy atom. The molecular weight excluding hydrogens is 340 g/mol. The van der Waals surface area contributed by atoms with Crippen LogP contribution in [0, 0.1) is 0 Å². The van der Waals surface area contributed by atoms with E-state index in [1.807, 2.05) is 18.2 Å². The third kappa shape index (κ3) is 4.15. The number of aliphatic hydroxyl groups is 1. The van der Waals surface area contributed by atoms with Crippen molar-refractivity contribution in [3.63, 3.8) is 0 Å². The maximum Gasteiger partial charge on any atom is 0.273 e. The van der Waals surface area contributed by atoms with Crippen molar-refractivity contribution in [3.05, 3.63) is 83.1 Å². The van der Waals surface area contributed by atoms with Gasteiger partial charge in [0.05, 0.1) is 11.2 Å². The Hall–Kier alpha value is -2.89.